The molecule has 16 heavy (non-hydrogen) atoms. The summed E-state index contributed by atoms with van der Waals surface area (Å²) >= 11 is 0. The molecule has 1 heteroatoms. The molecule has 3 atom stereocenters. The lowest BCUT2D eigenvalue weighted by molar-refractivity contribution is 0.0145. The summed E-state index contributed by atoms with van der Waals surface area (Å²) in [5.74, 6) is 1.60. The quantitative estimate of drug-likeness (QED) is 0.819. The van der Waals surface area contributed by atoms with E-state index in [-0.39, 0.29) is 0 Å². The van der Waals surface area contributed by atoms with Gasteiger partial charge < -0.3 is 5.11 Å². The Hall–Kier alpha value is -0.820. The molecule has 0 aliphatic heterocycles. The van der Waals surface area contributed by atoms with Crippen molar-refractivity contribution in [3.8, 4) is 0 Å². The lowest BCUT2D eigenvalue weighted by Crippen LogP contribution is -2.29. The van der Waals surface area contributed by atoms with Gasteiger partial charge in [-0.1, -0.05) is 44.2 Å². The minimum atomic E-state index is -0.491. The summed E-state index contributed by atoms with van der Waals surface area (Å²) < 4.78 is 0. The fourth-order valence-electron chi connectivity index (χ4n) is 2.93. The Labute approximate surface area is 98.5 Å². The maximum atomic E-state index is 10.5. The molecule has 0 spiro atoms. The first-order valence-electron chi connectivity index (χ1n) is 6.28. The fourth-order valence-corrected chi connectivity index (χ4v) is 2.93. The number of benzene rings is 1. The van der Waals surface area contributed by atoms with Crippen LogP contribution in [0.15, 0.2) is 30.3 Å². The molecular formula is C15H22O. The van der Waals surface area contributed by atoms with Crippen molar-refractivity contribution in [2.24, 2.45) is 11.8 Å². The van der Waals surface area contributed by atoms with Gasteiger partial charge in [0.25, 0.3) is 0 Å². The van der Waals surface area contributed by atoms with E-state index in [9.17, 15) is 5.11 Å². The van der Waals surface area contributed by atoms with E-state index in [0.29, 0.717) is 17.8 Å². The van der Waals surface area contributed by atoms with E-state index in [2.05, 4.69) is 38.1 Å². The highest BCUT2D eigenvalue weighted by Crippen LogP contribution is 2.54. The van der Waals surface area contributed by atoms with Crippen molar-refractivity contribution in [3.63, 3.8) is 0 Å². The van der Waals surface area contributed by atoms with Gasteiger partial charge in [0.2, 0.25) is 0 Å². The van der Waals surface area contributed by atoms with E-state index >= 15 is 0 Å². The first-order chi connectivity index (χ1) is 7.50. The average Bonchev–Trinajstić information content (AvgIpc) is 2.97. The fraction of sp³-hybridized carbons (Fsp3) is 0.600. The molecule has 1 aromatic rings. The van der Waals surface area contributed by atoms with Crippen molar-refractivity contribution in [2.75, 3.05) is 0 Å². The third-order valence-corrected chi connectivity index (χ3v) is 3.64. The molecule has 0 radical (unpaired) electrons. The highest BCUT2D eigenvalue weighted by molar-refractivity contribution is 5.27. The summed E-state index contributed by atoms with van der Waals surface area (Å²) in [5, 5.41) is 10.5. The van der Waals surface area contributed by atoms with Crippen LogP contribution in [0.3, 0.4) is 0 Å². The van der Waals surface area contributed by atoms with Crippen LogP contribution >= 0.6 is 0 Å². The van der Waals surface area contributed by atoms with Crippen LogP contribution in [0.25, 0.3) is 0 Å². The lowest BCUT2D eigenvalue weighted by Gasteiger charge is -2.26. The van der Waals surface area contributed by atoms with Crippen LogP contribution in [0.5, 0.6) is 0 Å². The van der Waals surface area contributed by atoms with Gasteiger partial charge in [-0.3, -0.25) is 0 Å². The standard InChI is InChI=1S/C15H22O/c1-11(2)10-15(3,16)14-9-13(14)12-7-5-4-6-8-12/h4-8,11,13-14,16H,9-10H2,1-3H3. The first-order valence-corrected chi connectivity index (χ1v) is 6.28. The minimum Gasteiger partial charge on any atom is -0.390 e. The van der Waals surface area contributed by atoms with Gasteiger partial charge in [0.15, 0.2) is 0 Å². The SMILES string of the molecule is CC(C)CC(C)(O)C1CC1c1ccccc1. The zero-order valence-electron chi connectivity index (χ0n) is 10.5. The Morgan fingerprint density at radius 1 is 1.31 bits per heavy atom. The van der Waals surface area contributed by atoms with Crippen molar-refractivity contribution in [1.29, 1.82) is 0 Å². The predicted molar refractivity (Wildman–Crippen MR) is 67.4 cm³/mol. The molecular weight excluding hydrogens is 196 g/mol. The van der Waals surface area contributed by atoms with Crippen LogP contribution in [0.1, 0.15) is 45.1 Å². The highest BCUT2D eigenvalue weighted by Gasteiger charge is 2.49. The molecule has 0 amide bonds. The van der Waals surface area contributed by atoms with Crippen molar-refractivity contribution in [3.05, 3.63) is 35.9 Å². The van der Waals surface area contributed by atoms with Gasteiger partial charge in [0.05, 0.1) is 5.60 Å². The molecule has 1 aromatic carbocycles. The van der Waals surface area contributed by atoms with E-state index in [1.165, 1.54) is 5.56 Å². The van der Waals surface area contributed by atoms with Gasteiger partial charge in [-0.2, -0.15) is 0 Å². The molecule has 1 N–H and O–H groups in total. The van der Waals surface area contributed by atoms with Crippen molar-refractivity contribution in [2.45, 2.75) is 45.1 Å². The summed E-state index contributed by atoms with van der Waals surface area (Å²) in [7, 11) is 0. The van der Waals surface area contributed by atoms with Crippen LogP contribution in [0.2, 0.25) is 0 Å². The maximum Gasteiger partial charge on any atom is 0.0656 e. The Morgan fingerprint density at radius 3 is 2.50 bits per heavy atom. The maximum absolute atomic E-state index is 10.5. The zero-order valence-corrected chi connectivity index (χ0v) is 10.5. The van der Waals surface area contributed by atoms with Crippen LogP contribution in [0, 0.1) is 11.8 Å². The Balaban J connectivity index is 2.01. The summed E-state index contributed by atoms with van der Waals surface area (Å²) in [4.78, 5) is 0. The van der Waals surface area contributed by atoms with Crippen molar-refractivity contribution in [1.82, 2.24) is 0 Å². The van der Waals surface area contributed by atoms with E-state index in [1.807, 2.05) is 13.0 Å². The molecule has 1 saturated carbocycles. The monoisotopic (exact) mass is 218 g/mol. The summed E-state index contributed by atoms with van der Waals surface area (Å²) in [6.07, 6.45) is 2.05. The summed E-state index contributed by atoms with van der Waals surface area (Å²) in [6.45, 7) is 6.35. The zero-order chi connectivity index (χ0) is 11.8. The third kappa shape index (κ3) is 2.46. The molecule has 0 bridgehead atoms. The molecule has 1 fully saturated rings. The van der Waals surface area contributed by atoms with Crippen molar-refractivity contribution >= 4 is 0 Å². The number of aliphatic hydroxyl groups is 1. The van der Waals surface area contributed by atoms with E-state index in [1.54, 1.807) is 0 Å². The molecule has 1 nitrogen and oxygen atoms in total. The number of hydrogen-bond donors (Lipinski definition) is 1. The molecule has 1 aliphatic rings. The minimum absolute atomic E-state index is 0.456. The second kappa shape index (κ2) is 4.21. The lowest BCUT2D eigenvalue weighted by atomic mass is 9.88. The highest BCUT2D eigenvalue weighted by atomic mass is 16.3. The van der Waals surface area contributed by atoms with Gasteiger partial charge in [-0.15, -0.1) is 0 Å². The largest absolute Gasteiger partial charge is 0.390 e. The smallest absolute Gasteiger partial charge is 0.0656 e. The number of rotatable bonds is 4. The molecule has 0 heterocycles. The van der Waals surface area contributed by atoms with Crippen LogP contribution in [0.4, 0.5) is 0 Å². The second-order valence-corrected chi connectivity index (χ2v) is 5.81. The summed E-state index contributed by atoms with van der Waals surface area (Å²) in [6, 6.07) is 10.6. The normalized spacial score (nSPS) is 27.8. The van der Waals surface area contributed by atoms with E-state index < -0.39 is 5.60 Å². The molecule has 1 aliphatic carbocycles. The first kappa shape index (κ1) is 11.7. The van der Waals surface area contributed by atoms with E-state index in [0.717, 1.165) is 12.8 Å². The average molecular weight is 218 g/mol. The van der Waals surface area contributed by atoms with Gasteiger partial charge in [-0.25, -0.2) is 0 Å². The van der Waals surface area contributed by atoms with Crippen LogP contribution < -0.4 is 0 Å². The van der Waals surface area contributed by atoms with Crippen LogP contribution in [-0.4, -0.2) is 10.7 Å². The predicted octanol–water partition coefficient (Wildman–Crippen LogP) is 3.59. The Morgan fingerprint density at radius 2 is 1.94 bits per heavy atom. The Kier molecular flexibility index (Phi) is 3.07. The van der Waals surface area contributed by atoms with Gasteiger partial charge in [0.1, 0.15) is 0 Å². The third-order valence-electron chi connectivity index (χ3n) is 3.64. The number of hydrogen-bond acceptors (Lipinski definition) is 1. The molecule has 0 aromatic heterocycles. The van der Waals surface area contributed by atoms with Gasteiger partial charge in [-0.05, 0) is 43.1 Å². The van der Waals surface area contributed by atoms with E-state index in [4.69, 9.17) is 0 Å². The van der Waals surface area contributed by atoms with Crippen LogP contribution in [-0.2, 0) is 0 Å². The van der Waals surface area contributed by atoms with Gasteiger partial charge in [0, 0.05) is 0 Å². The molecule has 88 valence electrons. The molecule has 2 rings (SSSR count). The molecule has 0 saturated heterocycles. The van der Waals surface area contributed by atoms with Crippen molar-refractivity contribution < 1.29 is 5.11 Å². The summed E-state index contributed by atoms with van der Waals surface area (Å²) in [5.41, 5.74) is 0.894. The molecule has 3 unspecified atom stereocenters. The van der Waals surface area contributed by atoms with Gasteiger partial charge >= 0.3 is 0 Å². The second-order valence-electron chi connectivity index (χ2n) is 5.81. The topological polar surface area (TPSA) is 20.2 Å². The Bertz CT molecular complexity index is 340.